The van der Waals surface area contributed by atoms with Crippen molar-refractivity contribution in [1.82, 2.24) is 15.2 Å². The maximum absolute atomic E-state index is 12.5. The first-order valence-corrected chi connectivity index (χ1v) is 9.00. The Morgan fingerprint density at radius 2 is 1.92 bits per heavy atom. The van der Waals surface area contributed by atoms with Gasteiger partial charge in [0.15, 0.2) is 0 Å². The Hall–Kier alpha value is -2.03. The summed E-state index contributed by atoms with van der Waals surface area (Å²) < 4.78 is 5.28. The van der Waals surface area contributed by atoms with Crippen molar-refractivity contribution in [3.05, 3.63) is 30.1 Å². The molecule has 8 nitrogen and oxygen atoms in total. The number of pyridine rings is 1. The van der Waals surface area contributed by atoms with E-state index >= 15 is 0 Å². The van der Waals surface area contributed by atoms with Crippen LogP contribution in [0.25, 0.3) is 0 Å². The molecule has 0 bridgehead atoms. The number of ether oxygens (including phenoxy) is 1. The Morgan fingerprint density at radius 1 is 1.23 bits per heavy atom. The summed E-state index contributed by atoms with van der Waals surface area (Å²) in [5.74, 6) is -0.334. The standard InChI is InChI=1S/C18H25N3O5/c22-11-15-16(23)14(5-10-26-15)20-17(24)12-3-8-21(9-4-12)18(25)13-1-6-19-7-2-13/h1-2,6-7,12,14-16,22-23H,3-5,8-11H2,(H,20,24)/t14-,15+,16-/m0/s1. The highest BCUT2D eigenvalue weighted by Crippen LogP contribution is 2.21. The number of carbonyl (C=O) groups is 2. The van der Waals surface area contributed by atoms with E-state index in [1.165, 1.54) is 0 Å². The van der Waals surface area contributed by atoms with E-state index in [9.17, 15) is 19.8 Å². The molecular formula is C18H25N3O5. The third-order valence-electron chi connectivity index (χ3n) is 5.14. The Bertz CT molecular complexity index is 619. The molecule has 2 fully saturated rings. The van der Waals surface area contributed by atoms with Gasteiger partial charge in [0, 0.05) is 43.6 Å². The van der Waals surface area contributed by atoms with Gasteiger partial charge in [-0.1, -0.05) is 0 Å². The first-order valence-electron chi connectivity index (χ1n) is 9.00. The number of aromatic nitrogens is 1. The van der Waals surface area contributed by atoms with Crippen LogP contribution in [0.1, 0.15) is 29.6 Å². The molecule has 3 heterocycles. The molecule has 2 aliphatic rings. The third-order valence-corrected chi connectivity index (χ3v) is 5.14. The average Bonchev–Trinajstić information content (AvgIpc) is 2.69. The van der Waals surface area contributed by atoms with Gasteiger partial charge in [0.05, 0.1) is 12.6 Å². The van der Waals surface area contributed by atoms with Gasteiger partial charge in [-0.3, -0.25) is 14.6 Å². The van der Waals surface area contributed by atoms with Crippen LogP contribution in [0.2, 0.25) is 0 Å². The van der Waals surface area contributed by atoms with E-state index in [0.717, 1.165) is 0 Å². The highest BCUT2D eigenvalue weighted by atomic mass is 16.5. The van der Waals surface area contributed by atoms with Gasteiger partial charge in [-0.2, -0.15) is 0 Å². The fourth-order valence-electron chi connectivity index (χ4n) is 3.52. The first kappa shape index (κ1) is 18.8. The predicted octanol–water partition coefficient (Wildman–Crippen LogP) is -0.439. The Morgan fingerprint density at radius 3 is 2.58 bits per heavy atom. The summed E-state index contributed by atoms with van der Waals surface area (Å²) in [6.07, 6.45) is 3.30. The van der Waals surface area contributed by atoms with E-state index in [1.807, 2.05) is 0 Å². The molecule has 26 heavy (non-hydrogen) atoms. The summed E-state index contributed by atoms with van der Waals surface area (Å²) in [4.78, 5) is 30.6. The van der Waals surface area contributed by atoms with Crippen LogP contribution in [0.3, 0.4) is 0 Å². The highest BCUT2D eigenvalue weighted by Gasteiger charge is 2.35. The number of hydrogen-bond acceptors (Lipinski definition) is 6. The normalized spacial score (nSPS) is 27.2. The van der Waals surface area contributed by atoms with E-state index in [4.69, 9.17) is 4.74 Å². The van der Waals surface area contributed by atoms with Gasteiger partial charge in [-0.05, 0) is 31.4 Å². The van der Waals surface area contributed by atoms with E-state index in [2.05, 4.69) is 10.3 Å². The fourth-order valence-corrected chi connectivity index (χ4v) is 3.52. The molecule has 0 radical (unpaired) electrons. The molecule has 2 amide bonds. The van der Waals surface area contributed by atoms with Gasteiger partial charge in [-0.15, -0.1) is 0 Å². The van der Waals surface area contributed by atoms with E-state index in [0.29, 0.717) is 44.5 Å². The van der Waals surface area contributed by atoms with Crippen LogP contribution in [0.5, 0.6) is 0 Å². The van der Waals surface area contributed by atoms with Crippen molar-refractivity contribution in [2.24, 2.45) is 5.92 Å². The van der Waals surface area contributed by atoms with Gasteiger partial charge in [0.1, 0.15) is 12.2 Å². The van der Waals surface area contributed by atoms with Crippen molar-refractivity contribution in [2.75, 3.05) is 26.3 Å². The number of piperidine rings is 1. The zero-order chi connectivity index (χ0) is 18.5. The second-order valence-corrected chi connectivity index (χ2v) is 6.79. The molecule has 2 saturated heterocycles. The number of rotatable bonds is 4. The molecule has 0 unspecified atom stereocenters. The Labute approximate surface area is 152 Å². The van der Waals surface area contributed by atoms with Crippen LogP contribution in [-0.4, -0.2) is 76.5 Å². The number of hydrogen-bond donors (Lipinski definition) is 3. The van der Waals surface area contributed by atoms with Crippen LogP contribution >= 0.6 is 0 Å². The molecule has 1 aromatic rings. The van der Waals surface area contributed by atoms with Gasteiger partial charge in [0.25, 0.3) is 5.91 Å². The molecule has 2 aliphatic heterocycles. The zero-order valence-corrected chi connectivity index (χ0v) is 14.6. The summed E-state index contributed by atoms with van der Waals surface area (Å²) in [5, 5.41) is 22.2. The molecule has 0 aromatic carbocycles. The lowest BCUT2D eigenvalue weighted by Gasteiger charge is -2.36. The number of nitrogens with one attached hydrogen (secondary N) is 1. The van der Waals surface area contributed by atoms with Crippen molar-refractivity contribution in [3.8, 4) is 0 Å². The molecule has 0 aliphatic carbocycles. The highest BCUT2D eigenvalue weighted by molar-refractivity contribution is 5.94. The minimum atomic E-state index is -0.911. The van der Waals surface area contributed by atoms with Gasteiger partial charge >= 0.3 is 0 Å². The number of nitrogens with zero attached hydrogens (tertiary/aromatic N) is 2. The minimum absolute atomic E-state index is 0.0445. The molecule has 8 heteroatoms. The molecule has 0 saturated carbocycles. The maximum atomic E-state index is 12.5. The fraction of sp³-hybridized carbons (Fsp3) is 0.611. The number of amides is 2. The summed E-state index contributed by atoms with van der Waals surface area (Å²) in [7, 11) is 0. The van der Waals surface area contributed by atoms with E-state index in [1.54, 1.807) is 29.4 Å². The second-order valence-electron chi connectivity index (χ2n) is 6.79. The van der Waals surface area contributed by atoms with Gasteiger partial charge < -0.3 is 25.2 Å². The lowest BCUT2D eigenvalue weighted by Crippen LogP contribution is -2.55. The summed E-state index contributed by atoms with van der Waals surface area (Å²) in [6.45, 7) is 1.17. The van der Waals surface area contributed by atoms with Crippen LogP contribution in [-0.2, 0) is 9.53 Å². The minimum Gasteiger partial charge on any atom is -0.394 e. The van der Waals surface area contributed by atoms with Crippen LogP contribution in [0.4, 0.5) is 0 Å². The molecule has 1 aromatic heterocycles. The number of aliphatic hydroxyl groups excluding tert-OH is 2. The van der Waals surface area contributed by atoms with Crippen molar-refractivity contribution in [1.29, 1.82) is 0 Å². The van der Waals surface area contributed by atoms with Crippen molar-refractivity contribution in [2.45, 2.75) is 37.5 Å². The van der Waals surface area contributed by atoms with Crippen LogP contribution in [0.15, 0.2) is 24.5 Å². The predicted molar refractivity (Wildman–Crippen MR) is 92.2 cm³/mol. The van der Waals surface area contributed by atoms with Gasteiger partial charge in [0.2, 0.25) is 5.91 Å². The zero-order valence-electron chi connectivity index (χ0n) is 14.6. The lowest BCUT2D eigenvalue weighted by molar-refractivity contribution is -0.135. The molecule has 3 N–H and O–H groups in total. The third kappa shape index (κ3) is 4.20. The molecular weight excluding hydrogens is 338 g/mol. The lowest BCUT2D eigenvalue weighted by atomic mass is 9.93. The second kappa shape index (κ2) is 8.57. The van der Waals surface area contributed by atoms with E-state index in [-0.39, 0.29) is 24.3 Å². The SMILES string of the molecule is O=C(N[C@H]1CCO[C@H](CO)[C@H]1O)C1CCN(C(=O)c2ccncc2)CC1. The topological polar surface area (TPSA) is 112 Å². The smallest absolute Gasteiger partial charge is 0.253 e. The molecule has 3 atom stereocenters. The van der Waals surface area contributed by atoms with Crippen LogP contribution < -0.4 is 5.32 Å². The Kier molecular flexibility index (Phi) is 6.18. The number of carbonyl (C=O) groups excluding carboxylic acids is 2. The number of likely N-dealkylation sites (tertiary alicyclic amines) is 1. The first-order chi connectivity index (χ1) is 12.6. The monoisotopic (exact) mass is 363 g/mol. The van der Waals surface area contributed by atoms with Gasteiger partial charge in [-0.25, -0.2) is 0 Å². The summed E-state index contributed by atoms with van der Waals surface area (Å²) in [5.41, 5.74) is 0.600. The quantitative estimate of drug-likeness (QED) is 0.669. The molecule has 3 rings (SSSR count). The number of aliphatic hydroxyl groups is 2. The van der Waals surface area contributed by atoms with Crippen molar-refractivity contribution >= 4 is 11.8 Å². The average molecular weight is 363 g/mol. The summed E-state index contributed by atoms with van der Waals surface area (Å²) in [6, 6.07) is 2.96. The largest absolute Gasteiger partial charge is 0.394 e. The Balaban J connectivity index is 1.50. The van der Waals surface area contributed by atoms with Crippen LogP contribution in [0, 0.1) is 5.92 Å². The molecule has 0 spiro atoms. The van der Waals surface area contributed by atoms with Crippen molar-refractivity contribution in [3.63, 3.8) is 0 Å². The molecule has 142 valence electrons. The van der Waals surface area contributed by atoms with Crippen molar-refractivity contribution < 1.29 is 24.5 Å². The van der Waals surface area contributed by atoms with E-state index < -0.39 is 18.2 Å². The summed E-state index contributed by atoms with van der Waals surface area (Å²) >= 11 is 0. The maximum Gasteiger partial charge on any atom is 0.253 e.